The van der Waals surface area contributed by atoms with E-state index in [1.54, 1.807) is 0 Å². The highest BCUT2D eigenvalue weighted by molar-refractivity contribution is 8.04. The van der Waals surface area contributed by atoms with Gasteiger partial charge in [0.05, 0.1) is 12.8 Å². The van der Waals surface area contributed by atoms with Gasteiger partial charge in [-0.1, -0.05) is 78.5 Å². The molecule has 182 valence electrons. The predicted octanol–water partition coefficient (Wildman–Crippen LogP) is 5.81. The molecule has 0 bridgehead atoms. The molecule has 0 aliphatic carbocycles. The Morgan fingerprint density at radius 2 is 1.60 bits per heavy atom. The Morgan fingerprint density at radius 3 is 2.29 bits per heavy atom. The lowest BCUT2D eigenvalue weighted by Gasteiger charge is -2.25. The zero-order valence-corrected chi connectivity index (χ0v) is 21.3. The molecule has 0 saturated heterocycles. The Balaban J connectivity index is 1.24. The molecular weight excluding hydrogens is 456 g/mol. The van der Waals surface area contributed by atoms with E-state index in [4.69, 9.17) is 4.74 Å². The van der Waals surface area contributed by atoms with Crippen molar-refractivity contribution >= 4 is 23.4 Å². The fourth-order valence-corrected chi connectivity index (χ4v) is 5.21. The molecule has 1 aliphatic rings. The lowest BCUT2D eigenvalue weighted by Crippen LogP contribution is -2.36. The fraction of sp³-hybridized carbons (Fsp3) is 0.276. The lowest BCUT2D eigenvalue weighted by atomic mass is 10.1. The maximum Gasteiger partial charge on any atom is 0.305 e. The van der Waals surface area contributed by atoms with E-state index in [0.29, 0.717) is 19.4 Å². The number of benzene rings is 3. The Morgan fingerprint density at radius 1 is 0.943 bits per heavy atom. The summed E-state index contributed by atoms with van der Waals surface area (Å²) in [5.74, 6) is 0.623. The fourth-order valence-electron chi connectivity index (χ4n) is 4.08. The number of hydrogen-bond acceptors (Lipinski definition) is 6. The summed E-state index contributed by atoms with van der Waals surface area (Å²) in [6.45, 7) is 3.50. The maximum atomic E-state index is 11.3. The zero-order valence-electron chi connectivity index (χ0n) is 20.5. The first-order valence-electron chi connectivity index (χ1n) is 11.8. The van der Waals surface area contributed by atoms with Gasteiger partial charge in [-0.3, -0.25) is 10.1 Å². The molecule has 0 aromatic heterocycles. The number of esters is 1. The third-order valence-electron chi connectivity index (χ3n) is 6.05. The van der Waals surface area contributed by atoms with Crippen molar-refractivity contribution in [3.8, 4) is 5.75 Å². The molecule has 1 unspecified atom stereocenters. The molecule has 1 N–H and O–H groups in total. The molecule has 0 spiro atoms. The zero-order chi connectivity index (χ0) is 24.6. The summed E-state index contributed by atoms with van der Waals surface area (Å²) in [6, 6.07) is 27.0. The molecule has 1 aliphatic heterocycles. The van der Waals surface area contributed by atoms with Crippen LogP contribution in [0, 0.1) is 0 Å². The number of ether oxygens (including phenoxy) is 2. The predicted molar refractivity (Wildman–Crippen MR) is 143 cm³/mol. The largest absolute Gasteiger partial charge is 0.489 e. The van der Waals surface area contributed by atoms with Crippen molar-refractivity contribution in [3.63, 3.8) is 0 Å². The second-order valence-electron chi connectivity index (χ2n) is 8.56. The summed E-state index contributed by atoms with van der Waals surface area (Å²) in [5.41, 5.74) is 6.21. The molecule has 5 nitrogen and oxygen atoms in total. The third kappa shape index (κ3) is 6.68. The minimum atomic E-state index is -0.193. The van der Waals surface area contributed by atoms with Crippen molar-refractivity contribution < 1.29 is 14.3 Å². The van der Waals surface area contributed by atoms with Crippen molar-refractivity contribution in [2.75, 3.05) is 14.2 Å². The number of allylic oxidation sites excluding steroid dienone is 1. The maximum absolute atomic E-state index is 11.3. The number of carbonyl (C=O) groups excluding carboxylic acids is 1. The van der Waals surface area contributed by atoms with Gasteiger partial charge >= 0.3 is 5.97 Å². The van der Waals surface area contributed by atoms with Gasteiger partial charge in [0.25, 0.3) is 0 Å². The molecule has 6 heteroatoms. The van der Waals surface area contributed by atoms with Crippen LogP contribution >= 0.6 is 11.8 Å². The number of nitrogens with zero attached hydrogens (tertiary/aromatic N) is 1. The van der Waals surface area contributed by atoms with Gasteiger partial charge in [0.1, 0.15) is 17.9 Å². The summed E-state index contributed by atoms with van der Waals surface area (Å²) in [7, 11) is 3.56. The van der Waals surface area contributed by atoms with Gasteiger partial charge in [0.2, 0.25) is 0 Å². The SMILES string of the molecule is COC(=O)CCc1ccc(OCc2ccc(CNC3SC(C)=C(c4ccccc4)N3C)cc2)cc1. The summed E-state index contributed by atoms with van der Waals surface area (Å²) >= 11 is 1.86. The van der Waals surface area contributed by atoms with Crippen LogP contribution < -0.4 is 10.1 Å². The number of aryl methyl sites for hydroxylation is 1. The first-order chi connectivity index (χ1) is 17.0. The number of methoxy groups -OCH3 is 1. The Labute approximate surface area is 212 Å². The van der Waals surface area contributed by atoms with Crippen molar-refractivity contribution in [3.05, 3.63) is 106 Å². The minimum Gasteiger partial charge on any atom is -0.489 e. The first-order valence-corrected chi connectivity index (χ1v) is 12.7. The molecule has 0 saturated carbocycles. The van der Waals surface area contributed by atoms with Crippen LogP contribution in [0.3, 0.4) is 0 Å². The molecule has 4 rings (SSSR count). The highest BCUT2D eigenvalue weighted by atomic mass is 32.2. The second kappa shape index (κ2) is 12.0. The number of nitrogens with one attached hydrogen (secondary N) is 1. The monoisotopic (exact) mass is 488 g/mol. The van der Waals surface area contributed by atoms with Gasteiger partial charge in [-0.05, 0) is 47.7 Å². The van der Waals surface area contributed by atoms with Gasteiger partial charge in [0, 0.05) is 24.9 Å². The van der Waals surface area contributed by atoms with E-state index in [-0.39, 0.29) is 11.5 Å². The average Bonchev–Trinajstić information content (AvgIpc) is 3.19. The Bertz CT molecular complexity index is 1140. The van der Waals surface area contributed by atoms with E-state index in [0.717, 1.165) is 23.4 Å². The van der Waals surface area contributed by atoms with Crippen molar-refractivity contribution in [1.29, 1.82) is 0 Å². The van der Waals surface area contributed by atoms with Crippen LogP contribution in [0.1, 0.15) is 35.6 Å². The topological polar surface area (TPSA) is 50.8 Å². The highest BCUT2D eigenvalue weighted by Crippen LogP contribution is 2.40. The van der Waals surface area contributed by atoms with Crippen molar-refractivity contribution in [1.82, 2.24) is 10.2 Å². The van der Waals surface area contributed by atoms with Gasteiger partial charge in [-0.15, -0.1) is 0 Å². The molecule has 1 atom stereocenters. The third-order valence-corrected chi connectivity index (χ3v) is 7.30. The second-order valence-corrected chi connectivity index (χ2v) is 9.85. The highest BCUT2D eigenvalue weighted by Gasteiger charge is 2.28. The Hall–Kier alpha value is -3.22. The molecule has 1 heterocycles. The Kier molecular flexibility index (Phi) is 8.50. The van der Waals surface area contributed by atoms with Gasteiger partial charge in [-0.25, -0.2) is 0 Å². The smallest absolute Gasteiger partial charge is 0.305 e. The summed E-state index contributed by atoms with van der Waals surface area (Å²) in [4.78, 5) is 14.9. The van der Waals surface area contributed by atoms with E-state index in [1.165, 1.54) is 28.8 Å². The van der Waals surface area contributed by atoms with Crippen LogP contribution in [0.5, 0.6) is 5.75 Å². The summed E-state index contributed by atoms with van der Waals surface area (Å²) < 4.78 is 10.6. The van der Waals surface area contributed by atoms with E-state index in [2.05, 4.69) is 83.5 Å². The molecule has 3 aromatic rings. The molecule has 0 fully saturated rings. The van der Waals surface area contributed by atoms with Gasteiger partial charge in [-0.2, -0.15) is 0 Å². The van der Waals surface area contributed by atoms with Crippen molar-refractivity contribution in [2.24, 2.45) is 0 Å². The molecule has 3 aromatic carbocycles. The van der Waals surface area contributed by atoms with Crippen LogP contribution in [-0.4, -0.2) is 30.5 Å². The summed E-state index contributed by atoms with van der Waals surface area (Å²) in [6.07, 6.45) is 1.05. The van der Waals surface area contributed by atoms with E-state index >= 15 is 0 Å². The molecule has 35 heavy (non-hydrogen) atoms. The summed E-state index contributed by atoms with van der Waals surface area (Å²) in [5, 5.41) is 3.67. The van der Waals surface area contributed by atoms with E-state index in [1.807, 2.05) is 36.0 Å². The standard InChI is InChI=1S/C29H32N2O3S/c1-21-28(25-7-5-4-6-8-25)31(2)29(35-21)30-19-23-9-11-24(12-10-23)20-34-26-16-13-22(14-17-26)15-18-27(32)33-3/h4-14,16-17,29-30H,15,18-20H2,1-3H3. The lowest BCUT2D eigenvalue weighted by molar-refractivity contribution is -0.140. The average molecular weight is 489 g/mol. The van der Waals surface area contributed by atoms with Crippen molar-refractivity contribution in [2.45, 2.75) is 38.4 Å². The minimum absolute atomic E-state index is 0.193. The van der Waals surface area contributed by atoms with Crippen LogP contribution in [0.4, 0.5) is 0 Å². The normalized spacial score (nSPS) is 15.4. The number of rotatable bonds is 10. The number of thioether (sulfide) groups is 1. The van der Waals surface area contributed by atoms with Gasteiger partial charge in [0.15, 0.2) is 0 Å². The molecule has 0 radical (unpaired) electrons. The van der Waals surface area contributed by atoms with E-state index in [9.17, 15) is 4.79 Å². The van der Waals surface area contributed by atoms with Crippen LogP contribution in [-0.2, 0) is 29.1 Å². The number of hydrogen-bond donors (Lipinski definition) is 1. The van der Waals surface area contributed by atoms with Crippen LogP contribution in [0.25, 0.3) is 5.70 Å². The van der Waals surface area contributed by atoms with Gasteiger partial charge < -0.3 is 14.4 Å². The van der Waals surface area contributed by atoms with Crippen LogP contribution in [0.2, 0.25) is 0 Å². The molecular formula is C29H32N2O3S. The first kappa shape index (κ1) is 24.9. The van der Waals surface area contributed by atoms with E-state index < -0.39 is 0 Å². The van der Waals surface area contributed by atoms with Crippen LogP contribution in [0.15, 0.2) is 83.8 Å². The molecule has 0 amide bonds. The number of carbonyl (C=O) groups is 1. The quantitative estimate of drug-likeness (QED) is 0.364.